The summed E-state index contributed by atoms with van der Waals surface area (Å²) in [5, 5.41) is 6.62. The number of hydrogen-bond donors (Lipinski definition) is 2. The molecule has 0 aromatic rings. The van der Waals surface area contributed by atoms with Crippen molar-refractivity contribution >= 4 is 35.8 Å². The standard InChI is InChI=1S/C17H34N4O3.HI/c1-14(2)24-9-6-5-8-18-17(20-12-16(22)21(3)4)19-11-15-7-10-23-13-15;/h14-15H,5-13H2,1-4H3,(H2,18,19,20);1H. The summed E-state index contributed by atoms with van der Waals surface area (Å²) in [7, 11) is 3.48. The molecule has 8 heteroatoms. The van der Waals surface area contributed by atoms with Gasteiger partial charge in [0.05, 0.1) is 12.7 Å². The fraction of sp³-hybridized carbons (Fsp3) is 0.882. The van der Waals surface area contributed by atoms with Crippen LogP contribution in [0, 0.1) is 5.92 Å². The van der Waals surface area contributed by atoms with Crippen LogP contribution < -0.4 is 10.6 Å². The number of likely N-dealkylation sites (N-methyl/N-ethyl adjacent to an activating group) is 1. The van der Waals surface area contributed by atoms with Gasteiger partial charge in [0.2, 0.25) is 5.91 Å². The van der Waals surface area contributed by atoms with E-state index in [-0.39, 0.29) is 42.5 Å². The number of nitrogens with one attached hydrogen (secondary N) is 2. The van der Waals surface area contributed by atoms with Gasteiger partial charge in [-0.3, -0.25) is 4.79 Å². The van der Waals surface area contributed by atoms with Gasteiger partial charge in [0, 0.05) is 46.3 Å². The van der Waals surface area contributed by atoms with E-state index in [1.54, 1.807) is 19.0 Å². The SMILES string of the molecule is CC(C)OCCCCNC(=NCC(=O)N(C)C)NCC1CCOC1.I. The topological polar surface area (TPSA) is 75.2 Å². The quantitative estimate of drug-likeness (QED) is 0.219. The minimum absolute atomic E-state index is 0. The number of carbonyl (C=O) groups excluding carboxylic acids is 1. The van der Waals surface area contributed by atoms with E-state index in [2.05, 4.69) is 15.6 Å². The highest BCUT2D eigenvalue weighted by atomic mass is 127. The zero-order valence-corrected chi connectivity index (χ0v) is 18.4. The Labute approximate surface area is 169 Å². The molecule has 1 fully saturated rings. The van der Waals surface area contributed by atoms with Gasteiger partial charge < -0.3 is 25.0 Å². The molecule has 148 valence electrons. The zero-order chi connectivity index (χ0) is 17.8. The minimum atomic E-state index is -0.00867. The zero-order valence-electron chi connectivity index (χ0n) is 16.0. The maximum absolute atomic E-state index is 11.7. The summed E-state index contributed by atoms with van der Waals surface area (Å²) in [6.45, 7) is 8.27. The van der Waals surface area contributed by atoms with Crippen LogP contribution in [0.3, 0.4) is 0 Å². The van der Waals surface area contributed by atoms with Crippen molar-refractivity contribution in [3.8, 4) is 0 Å². The highest BCUT2D eigenvalue weighted by molar-refractivity contribution is 14.0. The highest BCUT2D eigenvalue weighted by Gasteiger charge is 2.15. The lowest BCUT2D eigenvalue weighted by molar-refractivity contribution is -0.127. The molecule has 0 aromatic carbocycles. The van der Waals surface area contributed by atoms with Gasteiger partial charge in [-0.15, -0.1) is 24.0 Å². The number of rotatable bonds is 10. The largest absolute Gasteiger partial charge is 0.381 e. The molecule has 0 radical (unpaired) electrons. The van der Waals surface area contributed by atoms with E-state index in [4.69, 9.17) is 9.47 Å². The van der Waals surface area contributed by atoms with E-state index in [1.807, 2.05) is 13.8 Å². The Hall–Kier alpha value is -0.610. The van der Waals surface area contributed by atoms with Gasteiger partial charge in [-0.25, -0.2) is 4.99 Å². The second kappa shape index (κ2) is 14.5. The van der Waals surface area contributed by atoms with Crippen LogP contribution in [0.15, 0.2) is 4.99 Å². The average molecular weight is 470 g/mol. The summed E-state index contributed by atoms with van der Waals surface area (Å²) >= 11 is 0. The number of amides is 1. The molecule has 0 aromatic heterocycles. The van der Waals surface area contributed by atoms with Gasteiger partial charge in [-0.05, 0) is 33.1 Å². The second-order valence-corrected chi connectivity index (χ2v) is 6.62. The van der Waals surface area contributed by atoms with Gasteiger partial charge in [0.25, 0.3) is 0 Å². The number of unbranched alkanes of at least 4 members (excludes halogenated alkanes) is 1. The Morgan fingerprint density at radius 2 is 2.08 bits per heavy atom. The van der Waals surface area contributed by atoms with Crippen LogP contribution in [0.25, 0.3) is 0 Å². The number of aliphatic imine (C=N–C) groups is 1. The molecule has 1 aliphatic heterocycles. The second-order valence-electron chi connectivity index (χ2n) is 6.62. The van der Waals surface area contributed by atoms with Crippen molar-refractivity contribution in [1.82, 2.24) is 15.5 Å². The fourth-order valence-electron chi connectivity index (χ4n) is 2.20. The Bertz CT molecular complexity index is 386. The fourth-order valence-corrected chi connectivity index (χ4v) is 2.20. The molecule has 1 aliphatic rings. The van der Waals surface area contributed by atoms with Crippen molar-refractivity contribution in [3.05, 3.63) is 0 Å². The molecule has 1 atom stereocenters. The minimum Gasteiger partial charge on any atom is -0.381 e. The molecule has 1 rings (SSSR count). The average Bonchev–Trinajstić information content (AvgIpc) is 3.05. The van der Waals surface area contributed by atoms with Gasteiger partial charge in [0.15, 0.2) is 5.96 Å². The number of nitrogens with zero attached hydrogens (tertiary/aromatic N) is 2. The van der Waals surface area contributed by atoms with Gasteiger partial charge in [-0.1, -0.05) is 0 Å². The van der Waals surface area contributed by atoms with Crippen molar-refractivity contribution in [2.24, 2.45) is 10.9 Å². The lowest BCUT2D eigenvalue weighted by Gasteiger charge is -2.16. The van der Waals surface area contributed by atoms with E-state index >= 15 is 0 Å². The number of ether oxygens (including phenoxy) is 2. The summed E-state index contributed by atoms with van der Waals surface area (Å²) in [6.07, 6.45) is 3.36. The lowest BCUT2D eigenvalue weighted by Crippen LogP contribution is -2.41. The molecule has 1 amide bonds. The van der Waals surface area contributed by atoms with Crippen LogP contribution in [0.5, 0.6) is 0 Å². The maximum Gasteiger partial charge on any atom is 0.243 e. The molecule has 25 heavy (non-hydrogen) atoms. The van der Waals surface area contributed by atoms with Crippen LogP contribution in [-0.4, -0.2) is 76.4 Å². The Balaban J connectivity index is 0.00000576. The van der Waals surface area contributed by atoms with Crippen LogP contribution in [0.2, 0.25) is 0 Å². The molecule has 0 saturated carbocycles. The predicted octanol–water partition coefficient (Wildman–Crippen LogP) is 1.47. The van der Waals surface area contributed by atoms with E-state index in [1.165, 1.54) is 0 Å². The molecule has 7 nitrogen and oxygen atoms in total. The molecule has 0 spiro atoms. The summed E-state index contributed by atoms with van der Waals surface area (Å²) in [4.78, 5) is 17.6. The molecule has 0 bridgehead atoms. The lowest BCUT2D eigenvalue weighted by atomic mass is 10.1. The van der Waals surface area contributed by atoms with E-state index in [9.17, 15) is 4.79 Å². The first-order chi connectivity index (χ1) is 11.5. The monoisotopic (exact) mass is 470 g/mol. The number of carbonyl (C=O) groups is 1. The maximum atomic E-state index is 11.7. The van der Waals surface area contributed by atoms with Gasteiger partial charge in [-0.2, -0.15) is 0 Å². The molecular formula is C17H35IN4O3. The van der Waals surface area contributed by atoms with Crippen LogP contribution >= 0.6 is 24.0 Å². The van der Waals surface area contributed by atoms with Crippen molar-refractivity contribution in [1.29, 1.82) is 0 Å². The molecule has 1 saturated heterocycles. The summed E-state index contributed by atoms with van der Waals surface area (Å²) in [6, 6.07) is 0. The molecule has 1 unspecified atom stereocenters. The Morgan fingerprint density at radius 1 is 1.32 bits per heavy atom. The first-order valence-electron chi connectivity index (χ1n) is 8.90. The van der Waals surface area contributed by atoms with Crippen molar-refractivity contribution in [2.75, 3.05) is 53.6 Å². The van der Waals surface area contributed by atoms with Crippen LogP contribution in [-0.2, 0) is 14.3 Å². The number of hydrogen-bond acceptors (Lipinski definition) is 4. The predicted molar refractivity (Wildman–Crippen MR) is 112 cm³/mol. The van der Waals surface area contributed by atoms with E-state index in [0.717, 1.165) is 52.2 Å². The number of guanidine groups is 1. The number of halogens is 1. The van der Waals surface area contributed by atoms with Crippen LogP contribution in [0.4, 0.5) is 0 Å². The highest BCUT2D eigenvalue weighted by Crippen LogP contribution is 2.10. The summed E-state index contributed by atoms with van der Waals surface area (Å²) < 4.78 is 10.9. The van der Waals surface area contributed by atoms with Gasteiger partial charge in [0.1, 0.15) is 6.54 Å². The molecule has 1 heterocycles. The molecule has 2 N–H and O–H groups in total. The summed E-state index contributed by atoms with van der Waals surface area (Å²) in [5.41, 5.74) is 0. The third-order valence-corrected chi connectivity index (χ3v) is 3.77. The first kappa shape index (κ1) is 24.4. The Kier molecular flexibility index (Phi) is 14.2. The molecular weight excluding hydrogens is 435 g/mol. The Morgan fingerprint density at radius 3 is 2.68 bits per heavy atom. The van der Waals surface area contributed by atoms with Gasteiger partial charge >= 0.3 is 0 Å². The summed E-state index contributed by atoms with van der Waals surface area (Å²) in [5.74, 6) is 1.20. The van der Waals surface area contributed by atoms with E-state index < -0.39 is 0 Å². The van der Waals surface area contributed by atoms with Crippen molar-refractivity contribution < 1.29 is 14.3 Å². The molecule has 0 aliphatic carbocycles. The third kappa shape index (κ3) is 12.4. The normalized spacial score (nSPS) is 17.3. The van der Waals surface area contributed by atoms with Crippen molar-refractivity contribution in [3.63, 3.8) is 0 Å². The van der Waals surface area contributed by atoms with Crippen molar-refractivity contribution in [2.45, 2.75) is 39.2 Å². The van der Waals surface area contributed by atoms with Crippen LogP contribution in [0.1, 0.15) is 33.1 Å². The van der Waals surface area contributed by atoms with E-state index in [0.29, 0.717) is 11.9 Å². The first-order valence-corrected chi connectivity index (χ1v) is 8.90. The third-order valence-electron chi connectivity index (χ3n) is 3.77. The smallest absolute Gasteiger partial charge is 0.243 e.